The highest BCUT2D eigenvalue weighted by Gasteiger charge is 2.29. The maximum atomic E-state index is 12.1. The second kappa shape index (κ2) is 9.33. The third kappa shape index (κ3) is 5.31. The van der Waals surface area contributed by atoms with Gasteiger partial charge in [-0.25, -0.2) is 0 Å². The van der Waals surface area contributed by atoms with Crippen LogP contribution >= 0.6 is 23.4 Å². The molecular weight excluding hydrogens is 408 g/mol. The Morgan fingerprint density at radius 2 is 1.90 bits per heavy atom. The highest BCUT2D eigenvalue weighted by Crippen LogP contribution is 2.39. The van der Waals surface area contributed by atoms with Gasteiger partial charge in [0.1, 0.15) is 12.4 Å². The lowest BCUT2D eigenvalue weighted by molar-refractivity contribution is -0.115. The minimum Gasteiger partial charge on any atom is -0.484 e. The van der Waals surface area contributed by atoms with E-state index in [1.807, 2.05) is 48.5 Å². The molecule has 0 aliphatic heterocycles. The van der Waals surface area contributed by atoms with Gasteiger partial charge < -0.3 is 14.6 Å². The number of hydrogen-bond acceptors (Lipinski definition) is 5. The fraction of sp³-hybridized carbons (Fsp3) is 0.286. The van der Waals surface area contributed by atoms with Crippen molar-refractivity contribution in [3.05, 3.63) is 65.4 Å². The number of nitrogens with one attached hydrogen (secondary N) is 1. The quantitative estimate of drug-likeness (QED) is 0.487. The Balaban J connectivity index is 1.33. The first-order valence-corrected chi connectivity index (χ1v) is 10.9. The van der Waals surface area contributed by atoms with Crippen molar-refractivity contribution < 1.29 is 9.53 Å². The SMILES string of the molecule is O=C(CCSc1nnc(COc2ccccc2Cl)n1C1CC1)Nc1ccccc1. The molecule has 1 aromatic heterocycles. The molecule has 1 saturated carbocycles. The second-order valence-electron chi connectivity index (χ2n) is 6.73. The molecule has 4 rings (SSSR count). The van der Waals surface area contributed by atoms with Crippen LogP contribution in [0.4, 0.5) is 5.69 Å². The highest BCUT2D eigenvalue weighted by molar-refractivity contribution is 7.99. The van der Waals surface area contributed by atoms with Crippen LogP contribution in [0.2, 0.25) is 5.02 Å². The molecule has 3 aromatic rings. The van der Waals surface area contributed by atoms with E-state index in [2.05, 4.69) is 20.1 Å². The molecule has 8 heteroatoms. The summed E-state index contributed by atoms with van der Waals surface area (Å²) in [4.78, 5) is 12.1. The van der Waals surface area contributed by atoms with Crippen molar-refractivity contribution in [1.82, 2.24) is 14.8 Å². The van der Waals surface area contributed by atoms with Gasteiger partial charge >= 0.3 is 0 Å². The second-order valence-corrected chi connectivity index (χ2v) is 8.20. The van der Waals surface area contributed by atoms with E-state index in [0.717, 1.165) is 29.5 Å². The zero-order valence-corrected chi connectivity index (χ0v) is 17.3. The third-order valence-corrected chi connectivity index (χ3v) is 5.72. The Morgan fingerprint density at radius 1 is 1.14 bits per heavy atom. The summed E-state index contributed by atoms with van der Waals surface area (Å²) in [5, 5.41) is 12.9. The number of para-hydroxylation sites is 2. The Labute approximate surface area is 178 Å². The van der Waals surface area contributed by atoms with Crippen LogP contribution in [0.15, 0.2) is 59.8 Å². The number of halogens is 1. The molecular formula is C21H21ClN4O2S. The van der Waals surface area contributed by atoms with Gasteiger partial charge in [-0.2, -0.15) is 0 Å². The Morgan fingerprint density at radius 3 is 2.66 bits per heavy atom. The fourth-order valence-electron chi connectivity index (χ4n) is 2.89. The molecule has 0 radical (unpaired) electrons. The van der Waals surface area contributed by atoms with Crippen molar-refractivity contribution in [3.63, 3.8) is 0 Å². The van der Waals surface area contributed by atoms with E-state index >= 15 is 0 Å². The first-order valence-electron chi connectivity index (χ1n) is 9.49. The van der Waals surface area contributed by atoms with Crippen LogP contribution < -0.4 is 10.1 Å². The monoisotopic (exact) mass is 428 g/mol. The van der Waals surface area contributed by atoms with Crippen LogP contribution in [-0.4, -0.2) is 26.4 Å². The van der Waals surface area contributed by atoms with Crippen LogP contribution in [0, 0.1) is 0 Å². The lowest BCUT2D eigenvalue weighted by atomic mass is 10.3. The summed E-state index contributed by atoms with van der Waals surface area (Å²) < 4.78 is 7.97. The molecule has 150 valence electrons. The highest BCUT2D eigenvalue weighted by atomic mass is 35.5. The van der Waals surface area contributed by atoms with Gasteiger partial charge in [-0.05, 0) is 37.1 Å². The number of rotatable bonds is 9. The molecule has 6 nitrogen and oxygen atoms in total. The van der Waals surface area contributed by atoms with Gasteiger partial charge in [0.05, 0.1) is 5.02 Å². The number of ether oxygens (including phenoxy) is 1. The molecule has 0 saturated heterocycles. The maximum Gasteiger partial charge on any atom is 0.225 e. The Kier molecular flexibility index (Phi) is 6.36. The minimum atomic E-state index is -0.0107. The van der Waals surface area contributed by atoms with Gasteiger partial charge in [-0.15, -0.1) is 10.2 Å². The summed E-state index contributed by atoms with van der Waals surface area (Å²) >= 11 is 7.70. The molecule has 0 atom stereocenters. The van der Waals surface area contributed by atoms with E-state index in [1.165, 1.54) is 0 Å². The van der Waals surface area contributed by atoms with Crippen molar-refractivity contribution in [2.45, 2.75) is 37.1 Å². The molecule has 0 bridgehead atoms. The molecule has 1 aliphatic carbocycles. The normalized spacial score (nSPS) is 13.3. The molecule has 1 heterocycles. The van der Waals surface area contributed by atoms with Crippen LogP contribution in [0.1, 0.15) is 31.1 Å². The number of carbonyl (C=O) groups excluding carboxylic acids is 1. The summed E-state index contributed by atoms with van der Waals surface area (Å²) in [6.07, 6.45) is 2.63. The standard InChI is InChI=1S/C21H21ClN4O2S/c22-17-8-4-5-9-18(17)28-14-19-24-25-21(26(19)16-10-11-16)29-13-12-20(27)23-15-6-2-1-3-7-15/h1-9,16H,10-14H2,(H,23,27). The van der Waals surface area contributed by atoms with Gasteiger partial charge in [0.2, 0.25) is 5.91 Å². The van der Waals surface area contributed by atoms with Crippen molar-refractivity contribution in [3.8, 4) is 5.75 Å². The Hall–Kier alpha value is -2.51. The van der Waals surface area contributed by atoms with Crippen molar-refractivity contribution in [2.75, 3.05) is 11.1 Å². The number of thioether (sulfide) groups is 1. The first kappa shape index (κ1) is 19.8. The Bertz CT molecular complexity index is 976. The third-order valence-electron chi connectivity index (χ3n) is 4.46. The smallest absolute Gasteiger partial charge is 0.225 e. The maximum absolute atomic E-state index is 12.1. The molecule has 29 heavy (non-hydrogen) atoms. The van der Waals surface area contributed by atoms with Gasteiger partial charge in [0.15, 0.2) is 11.0 Å². The number of amides is 1. The van der Waals surface area contributed by atoms with E-state index in [0.29, 0.717) is 35.6 Å². The van der Waals surface area contributed by atoms with E-state index in [9.17, 15) is 4.79 Å². The summed E-state index contributed by atoms with van der Waals surface area (Å²) in [6.45, 7) is 0.308. The fourth-order valence-corrected chi connectivity index (χ4v) is 4.04. The van der Waals surface area contributed by atoms with E-state index in [1.54, 1.807) is 17.8 Å². The van der Waals surface area contributed by atoms with Gasteiger partial charge in [-0.1, -0.05) is 53.7 Å². The number of carbonyl (C=O) groups is 1. The molecule has 1 N–H and O–H groups in total. The average Bonchev–Trinajstić information content (AvgIpc) is 3.49. The molecule has 0 unspecified atom stereocenters. The lowest BCUT2D eigenvalue weighted by Crippen LogP contribution is -2.12. The van der Waals surface area contributed by atoms with Gasteiger partial charge in [0.25, 0.3) is 0 Å². The lowest BCUT2D eigenvalue weighted by Gasteiger charge is -2.10. The summed E-state index contributed by atoms with van der Waals surface area (Å²) in [6, 6.07) is 17.3. The van der Waals surface area contributed by atoms with Gasteiger partial charge in [0, 0.05) is 23.9 Å². The minimum absolute atomic E-state index is 0.0107. The molecule has 1 aliphatic rings. The van der Waals surface area contributed by atoms with Crippen molar-refractivity contribution in [1.29, 1.82) is 0 Å². The number of benzene rings is 2. The largest absolute Gasteiger partial charge is 0.484 e. The number of nitrogens with zero attached hydrogens (tertiary/aromatic N) is 3. The molecule has 0 spiro atoms. The number of anilines is 1. The zero-order chi connectivity index (χ0) is 20.1. The van der Waals surface area contributed by atoms with E-state index in [-0.39, 0.29) is 5.91 Å². The zero-order valence-electron chi connectivity index (χ0n) is 15.8. The van der Waals surface area contributed by atoms with Crippen molar-refractivity contribution in [2.24, 2.45) is 0 Å². The van der Waals surface area contributed by atoms with E-state index < -0.39 is 0 Å². The number of hydrogen-bond donors (Lipinski definition) is 1. The van der Waals surface area contributed by atoms with Crippen LogP contribution in [0.5, 0.6) is 5.75 Å². The topological polar surface area (TPSA) is 69.0 Å². The molecule has 1 amide bonds. The summed E-state index contributed by atoms with van der Waals surface area (Å²) in [5.74, 6) is 2.04. The van der Waals surface area contributed by atoms with E-state index in [4.69, 9.17) is 16.3 Å². The number of aromatic nitrogens is 3. The summed E-state index contributed by atoms with van der Waals surface area (Å²) in [7, 11) is 0. The molecule has 1 fully saturated rings. The summed E-state index contributed by atoms with van der Waals surface area (Å²) in [5.41, 5.74) is 0.808. The first-order chi connectivity index (χ1) is 14.2. The predicted molar refractivity (Wildman–Crippen MR) is 114 cm³/mol. The average molecular weight is 429 g/mol. The van der Waals surface area contributed by atoms with Crippen LogP contribution in [0.3, 0.4) is 0 Å². The van der Waals surface area contributed by atoms with Gasteiger partial charge in [-0.3, -0.25) is 4.79 Å². The van der Waals surface area contributed by atoms with Crippen molar-refractivity contribution >= 4 is 35.0 Å². The molecule has 2 aromatic carbocycles. The predicted octanol–water partition coefficient (Wildman–Crippen LogP) is 4.97. The van der Waals surface area contributed by atoms with Crippen LogP contribution in [-0.2, 0) is 11.4 Å². The van der Waals surface area contributed by atoms with Crippen LogP contribution in [0.25, 0.3) is 0 Å².